The predicted octanol–water partition coefficient (Wildman–Crippen LogP) is 1.80. The van der Waals surface area contributed by atoms with Crippen LogP contribution >= 0.6 is 0 Å². The lowest BCUT2D eigenvalue weighted by Crippen LogP contribution is -2.65. The average Bonchev–Trinajstić information content (AvgIpc) is 2.40. The second kappa shape index (κ2) is 4.98. The van der Waals surface area contributed by atoms with Gasteiger partial charge in [0.15, 0.2) is 5.78 Å². The van der Waals surface area contributed by atoms with E-state index in [0.717, 1.165) is 5.57 Å². The van der Waals surface area contributed by atoms with E-state index in [1.54, 1.807) is 28.1 Å². The number of rotatable bonds is 3. The van der Waals surface area contributed by atoms with Crippen molar-refractivity contribution in [1.29, 1.82) is 0 Å². The number of carbonyl (C=O) groups excluding carboxylic acids is 1. The molecule has 0 aromatic rings. The molecule has 4 atom stereocenters. The Morgan fingerprint density at radius 2 is 1.84 bits per heavy atom. The summed E-state index contributed by atoms with van der Waals surface area (Å²) < 4.78 is 22.8. The molecular weight excluding hydrogens is 248 g/mol. The van der Waals surface area contributed by atoms with Crippen LogP contribution in [-0.2, 0) is 23.7 Å². The van der Waals surface area contributed by atoms with Crippen LogP contribution in [0.5, 0.6) is 0 Å². The molecule has 108 valence electrons. The predicted molar refractivity (Wildman–Crippen MR) is 68.6 cm³/mol. The van der Waals surface area contributed by atoms with Crippen molar-refractivity contribution in [3.63, 3.8) is 0 Å². The molecule has 0 saturated carbocycles. The van der Waals surface area contributed by atoms with Gasteiger partial charge in [-0.1, -0.05) is 6.92 Å². The highest BCUT2D eigenvalue weighted by atomic mass is 16.8. The van der Waals surface area contributed by atoms with Gasteiger partial charge in [0.05, 0.1) is 6.10 Å². The van der Waals surface area contributed by atoms with E-state index in [9.17, 15) is 4.79 Å². The van der Waals surface area contributed by atoms with Crippen molar-refractivity contribution in [2.75, 3.05) is 14.2 Å². The fourth-order valence-electron chi connectivity index (χ4n) is 2.59. The molecule has 5 heteroatoms. The summed E-state index contributed by atoms with van der Waals surface area (Å²) in [6, 6.07) is 0. The fraction of sp³-hybridized carbons (Fsp3) is 0.786. The maximum atomic E-state index is 11.9. The molecule has 1 fully saturated rings. The number of Topliss-reactive ketones (excluding diaryl/α,β-unsaturated/α-hetero) is 1. The van der Waals surface area contributed by atoms with E-state index in [1.807, 2.05) is 13.0 Å². The second-order valence-electron chi connectivity index (χ2n) is 5.21. The van der Waals surface area contributed by atoms with Crippen LogP contribution in [0.1, 0.15) is 33.6 Å². The largest absolute Gasteiger partial charge is 0.349 e. The first-order valence-corrected chi connectivity index (χ1v) is 6.59. The number of methoxy groups -OCH3 is 2. The lowest BCUT2D eigenvalue weighted by atomic mass is 9.90. The Morgan fingerprint density at radius 3 is 2.37 bits per heavy atom. The summed E-state index contributed by atoms with van der Waals surface area (Å²) in [4.78, 5) is 11.9. The van der Waals surface area contributed by atoms with Crippen molar-refractivity contribution in [3.8, 4) is 0 Å². The summed E-state index contributed by atoms with van der Waals surface area (Å²) in [6.07, 6.45) is 2.28. The minimum Gasteiger partial charge on any atom is -0.349 e. The Bertz CT molecular complexity index is 405. The number of fused-ring (bicyclic) bond motifs is 1. The van der Waals surface area contributed by atoms with Gasteiger partial charge < -0.3 is 18.9 Å². The summed E-state index contributed by atoms with van der Waals surface area (Å²) >= 11 is 0. The molecule has 0 bridgehead atoms. The van der Waals surface area contributed by atoms with Crippen LogP contribution in [0, 0.1) is 0 Å². The molecule has 2 rings (SSSR count). The van der Waals surface area contributed by atoms with Gasteiger partial charge in [0.25, 0.3) is 0 Å². The van der Waals surface area contributed by atoms with Crippen molar-refractivity contribution in [2.45, 2.75) is 57.4 Å². The van der Waals surface area contributed by atoms with Gasteiger partial charge in [0, 0.05) is 20.6 Å². The third-order valence-electron chi connectivity index (χ3n) is 4.20. The quantitative estimate of drug-likeness (QED) is 0.782. The number of ether oxygens (including phenoxy) is 4. The maximum absolute atomic E-state index is 11.9. The zero-order chi connectivity index (χ0) is 14.3. The fourth-order valence-corrected chi connectivity index (χ4v) is 2.59. The first-order valence-electron chi connectivity index (χ1n) is 6.59. The Hall–Kier alpha value is -0.750. The van der Waals surface area contributed by atoms with Gasteiger partial charge in [-0.05, 0) is 31.9 Å². The Balaban J connectivity index is 2.32. The molecule has 2 aliphatic rings. The Morgan fingerprint density at radius 1 is 1.26 bits per heavy atom. The standard InChI is InChI=1S/C14H22O5/c1-6-9-7-11-12(8-10(9)15)19-14(3,17-5)13(2,16-4)18-11/h7,11-12H,6,8H2,1-5H3/t11-,12-,13+,14+/m1/s1. The molecule has 0 N–H and O–H groups in total. The number of carbonyl (C=O) groups is 1. The van der Waals surface area contributed by atoms with E-state index in [1.165, 1.54) is 0 Å². The molecule has 1 aliphatic heterocycles. The lowest BCUT2D eigenvalue weighted by molar-refractivity contribution is -0.442. The Labute approximate surface area is 113 Å². The molecule has 0 aromatic carbocycles. The summed E-state index contributed by atoms with van der Waals surface area (Å²) in [7, 11) is 3.10. The SMILES string of the molecule is CCC1=C[C@H]2O[C@](C)(OC)[C@@](C)(OC)O[C@@H]2CC1=O. The average molecular weight is 270 g/mol. The molecule has 1 aliphatic carbocycles. The van der Waals surface area contributed by atoms with Gasteiger partial charge in [-0.3, -0.25) is 4.79 Å². The van der Waals surface area contributed by atoms with Crippen molar-refractivity contribution in [3.05, 3.63) is 11.6 Å². The number of allylic oxidation sites excluding steroid dienone is 1. The molecule has 0 aromatic heterocycles. The molecule has 0 unspecified atom stereocenters. The van der Waals surface area contributed by atoms with Gasteiger partial charge in [-0.15, -0.1) is 0 Å². The molecule has 19 heavy (non-hydrogen) atoms. The maximum Gasteiger partial charge on any atom is 0.220 e. The summed E-state index contributed by atoms with van der Waals surface area (Å²) in [5.41, 5.74) is 0.796. The zero-order valence-electron chi connectivity index (χ0n) is 12.2. The van der Waals surface area contributed by atoms with Gasteiger partial charge >= 0.3 is 0 Å². The van der Waals surface area contributed by atoms with Crippen molar-refractivity contribution < 1.29 is 23.7 Å². The van der Waals surface area contributed by atoms with Gasteiger partial charge in [0.2, 0.25) is 11.6 Å². The molecule has 0 spiro atoms. The lowest BCUT2D eigenvalue weighted by Gasteiger charge is -2.52. The molecule has 1 heterocycles. The summed E-state index contributed by atoms with van der Waals surface area (Å²) in [5.74, 6) is -1.94. The second-order valence-corrected chi connectivity index (χ2v) is 5.21. The number of hydrogen-bond acceptors (Lipinski definition) is 5. The summed E-state index contributed by atoms with van der Waals surface area (Å²) in [6.45, 7) is 5.50. The normalized spacial score (nSPS) is 42.8. The van der Waals surface area contributed by atoms with E-state index in [2.05, 4.69) is 0 Å². The van der Waals surface area contributed by atoms with Crippen LogP contribution in [0.3, 0.4) is 0 Å². The van der Waals surface area contributed by atoms with Crippen LogP contribution in [0.15, 0.2) is 11.6 Å². The van der Waals surface area contributed by atoms with Crippen molar-refractivity contribution in [1.82, 2.24) is 0 Å². The van der Waals surface area contributed by atoms with Gasteiger partial charge in [-0.2, -0.15) is 0 Å². The van der Waals surface area contributed by atoms with Crippen LogP contribution in [0.4, 0.5) is 0 Å². The smallest absolute Gasteiger partial charge is 0.220 e. The first-order chi connectivity index (χ1) is 8.89. The highest BCUT2D eigenvalue weighted by molar-refractivity contribution is 5.96. The topological polar surface area (TPSA) is 54.0 Å². The van der Waals surface area contributed by atoms with E-state index in [0.29, 0.717) is 12.8 Å². The molecular formula is C14H22O5. The number of ketones is 1. The zero-order valence-corrected chi connectivity index (χ0v) is 12.2. The van der Waals surface area contributed by atoms with Crippen molar-refractivity contribution >= 4 is 5.78 Å². The highest BCUT2D eigenvalue weighted by Gasteiger charge is 2.57. The summed E-state index contributed by atoms with van der Waals surface area (Å²) in [5, 5.41) is 0. The monoisotopic (exact) mass is 270 g/mol. The van der Waals surface area contributed by atoms with Crippen LogP contribution in [0.25, 0.3) is 0 Å². The van der Waals surface area contributed by atoms with E-state index in [-0.39, 0.29) is 18.0 Å². The molecule has 5 nitrogen and oxygen atoms in total. The number of hydrogen-bond donors (Lipinski definition) is 0. The minimum absolute atomic E-state index is 0.117. The molecule has 0 radical (unpaired) electrons. The van der Waals surface area contributed by atoms with Crippen LogP contribution in [0.2, 0.25) is 0 Å². The Kier molecular flexibility index (Phi) is 3.84. The van der Waals surface area contributed by atoms with E-state index in [4.69, 9.17) is 18.9 Å². The van der Waals surface area contributed by atoms with E-state index < -0.39 is 11.6 Å². The van der Waals surface area contributed by atoms with E-state index >= 15 is 0 Å². The molecule has 1 saturated heterocycles. The third kappa shape index (κ3) is 2.25. The van der Waals surface area contributed by atoms with Crippen LogP contribution in [-0.4, -0.2) is 43.8 Å². The van der Waals surface area contributed by atoms with Gasteiger partial charge in [-0.25, -0.2) is 0 Å². The van der Waals surface area contributed by atoms with Crippen LogP contribution < -0.4 is 0 Å². The first kappa shape index (κ1) is 14.7. The van der Waals surface area contributed by atoms with Crippen molar-refractivity contribution in [2.24, 2.45) is 0 Å². The third-order valence-corrected chi connectivity index (χ3v) is 4.20. The van der Waals surface area contributed by atoms with Gasteiger partial charge in [0.1, 0.15) is 6.10 Å². The highest BCUT2D eigenvalue weighted by Crippen LogP contribution is 2.42. The molecule has 0 amide bonds. The minimum atomic E-state index is -1.04.